The van der Waals surface area contributed by atoms with Crippen molar-refractivity contribution in [2.75, 3.05) is 38.6 Å². The van der Waals surface area contributed by atoms with Gasteiger partial charge in [0.2, 0.25) is 0 Å². The van der Waals surface area contributed by atoms with E-state index >= 15 is 0 Å². The van der Waals surface area contributed by atoms with E-state index in [9.17, 15) is 18.0 Å². The molecule has 0 radical (unpaired) electrons. The highest BCUT2D eigenvalue weighted by atomic mass is 19.4. The fourth-order valence-corrected chi connectivity index (χ4v) is 8.78. The van der Waals surface area contributed by atoms with Gasteiger partial charge in [-0.3, -0.25) is 9.69 Å². The molecule has 1 aromatic carbocycles. The van der Waals surface area contributed by atoms with Crippen LogP contribution in [0, 0.1) is 17.8 Å². The van der Waals surface area contributed by atoms with E-state index in [0.29, 0.717) is 29.9 Å². The highest BCUT2D eigenvalue weighted by Gasteiger charge is 2.54. The molecule has 2 aliphatic heterocycles. The topological polar surface area (TPSA) is 62.6 Å². The number of anilines is 1. The quantitative estimate of drug-likeness (QED) is 0.569. The summed E-state index contributed by atoms with van der Waals surface area (Å²) in [5, 5.41) is 7.29. The molecule has 10 heteroatoms. The lowest BCUT2D eigenvalue weighted by molar-refractivity contribution is -0.173. The lowest BCUT2D eigenvalue weighted by atomic mass is 9.52. The van der Waals surface area contributed by atoms with Crippen LogP contribution in [-0.2, 0) is 0 Å². The van der Waals surface area contributed by atoms with E-state index in [-0.39, 0.29) is 23.7 Å². The van der Waals surface area contributed by atoms with Gasteiger partial charge in [0.15, 0.2) is 6.04 Å². The van der Waals surface area contributed by atoms with Crippen molar-refractivity contribution in [3.8, 4) is 5.75 Å². The number of carbonyl (C=O) groups is 1. The zero-order valence-electron chi connectivity index (χ0n) is 22.3. The monoisotopic (exact) mass is 543 g/mol. The summed E-state index contributed by atoms with van der Waals surface area (Å²) in [5.41, 5.74) is 1.22. The number of nitrogens with one attached hydrogen (secondary N) is 1. The van der Waals surface area contributed by atoms with Crippen molar-refractivity contribution in [3.05, 3.63) is 41.6 Å². The molecule has 1 N–H and O–H groups in total. The van der Waals surface area contributed by atoms with Crippen molar-refractivity contribution in [3.63, 3.8) is 0 Å². The summed E-state index contributed by atoms with van der Waals surface area (Å²) in [6.45, 7) is 2.84. The molecule has 0 spiro atoms. The fraction of sp³-hybridized carbons (Fsp3) is 0.655. The van der Waals surface area contributed by atoms with Crippen molar-refractivity contribution in [1.29, 1.82) is 0 Å². The summed E-state index contributed by atoms with van der Waals surface area (Å²) < 4.78 is 48.6. The molecule has 8 rings (SSSR count). The molecule has 2 atom stereocenters. The first-order chi connectivity index (χ1) is 18.7. The Morgan fingerprint density at radius 1 is 0.974 bits per heavy atom. The second-order valence-corrected chi connectivity index (χ2v) is 12.5. The minimum atomic E-state index is -4.49. The summed E-state index contributed by atoms with van der Waals surface area (Å²) >= 11 is 0. The van der Waals surface area contributed by atoms with E-state index in [0.717, 1.165) is 35.5 Å². The molecule has 2 aromatic rings. The molecule has 210 valence electrons. The minimum Gasteiger partial charge on any atom is -0.497 e. The van der Waals surface area contributed by atoms with E-state index in [1.54, 1.807) is 36.3 Å². The number of halogens is 3. The minimum absolute atomic E-state index is 0.151. The van der Waals surface area contributed by atoms with Gasteiger partial charge in [-0.25, -0.2) is 4.68 Å². The molecule has 5 fully saturated rings. The maximum atomic E-state index is 14.1. The van der Waals surface area contributed by atoms with Crippen LogP contribution >= 0.6 is 0 Å². The molecule has 1 amide bonds. The first kappa shape index (κ1) is 25.2. The highest BCUT2D eigenvalue weighted by molar-refractivity contribution is 5.99. The van der Waals surface area contributed by atoms with Crippen LogP contribution in [0.3, 0.4) is 0 Å². The van der Waals surface area contributed by atoms with Crippen LogP contribution in [0.1, 0.15) is 73.0 Å². The molecule has 4 saturated carbocycles. The van der Waals surface area contributed by atoms with Crippen molar-refractivity contribution < 1.29 is 22.7 Å². The number of methoxy groups -OCH3 is 1. The van der Waals surface area contributed by atoms with Crippen LogP contribution in [0.25, 0.3) is 0 Å². The van der Waals surface area contributed by atoms with Crippen LogP contribution in [0.4, 0.5) is 19.0 Å². The van der Waals surface area contributed by atoms with Crippen molar-refractivity contribution >= 4 is 11.7 Å². The third-order valence-corrected chi connectivity index (χ3v) is 10.2. The fourth-order valence-electron chi connectivity index (χ4n) is 8.78. The van der Waals surface area contributed by atoms with Gasteiger partial charge in [-0.15, -0.1) is 0 Å². The smallest absolute Gasteiger partial charge is 0.410 e. The highest BCUT2D eigenvalue weighted by Crippen LogP contribution is 2.58. The summed E-state index contributed by atoms with van der Waals surface area (Å²) in [6.07, 6.45) is 4.68. The number of amides is 1. The Bertz CT molecular complexity index is 1200. The van der Waals surface area contributed by atoms with Gasteiger partial charge in [-0.05, 0) is 74.0 Å². The van der Waals surface area contributed by atoms with Gasteiger partial charge in [0, 0.05) is 38.1 Å². The molecule has 1 saturated heterocycles. The van der Waals surface area contributed by atoms with E-state index in [4.69, 9.17) is 4.74 Å². The molecule has 6 aliphatic rings. The number of carbonyl (C=O) groups excluding carboxylic acids is 1. The zero-order chi connectivity index (χ0) is 26.9. The number of nitrogens with zero attached hydrogens (tertiary/aromatic N) is 4. The average Bonchev–Trinajstić information content (AvgIpc) is 3.35. The Morgan fingerprint density at radius 3 is 2.15 bits per heavy atom. The normalized spacial score (nSPS) is 34.1. The second-order valence-electron chi connectivity index (χ2n) is 12.5. The summed E-state index contributed by atoms with van der Waals surface area (Å²) in [6, 6.07) is 4.59. The molecule has 4 bridgehead atoms. The van der Waals surface area contributed by atoms with Crippen molar-refractivity contribution in [1.82, 2.24) is 19.6 Å². The Hall–Kier alpha value is -2.75. The Morgan fingerprint density at radius 2 is 1.59 bits per heavy atom. The van der Waals surface area contributed by atoms with E-state index < -0.39 is 18.3 Å². The van der Waals surface area contributed by atoms with Crippen LogP contribution in [0.5, 0.6) is 5.75 Å². The predicted molar refractivity (Wildman–Crippen MR) is 140 cm³/mol. The first-order valence-electron chi connectivity index (χ1n) is 14.3. The number of hydrogen-bond donors (Lipinski definition) is 1. The lowest BCUT2D eigenvalue weighted by Crippen LogP contribution is -2.64. The number of aromatic nitrogens is 2. The zero-order valence-corrected chi connectivity index (χ0v) is 22.3. The predicted octanol–water partition coefficient (Wildman–Crippen LogP) is 5.28. The Balaban J connectivity index is 1.09. The third kappa shape index (κ3) is 4.30. The van der Waals surface area contributed by atoms with Gasteiger partial charge >= 0.3 is 6.18 Å². The van der Waals surface area contributed by atoms with E-state index in [1.165, 1.54) is 44.7 Å². The summed E-state index contributed by atoms with van der Waals surface area (Å²) in [5.74, 6) is 3.13. The summed E-state index contributed by atoms with van der Waals surface area (Å²) in [4.78, 5) is 18.1. The van der Waals surface area contributed by atoms with Gasteiger partial charge in [-0.1, -0.05) is 12.1 Å². The lowest BCUT2D eigenvalue weighted by Gasteiger charge is -2.61. The molecule has 0 unspecified atom stereocenters. The standard InChI is InChI=1S/C29H36F3N5O2/c1-39-22-4-2-21(3-5-22)24-13-25(29(30,31)32)37-26(34-24)23(17-33-37)27(38)35-6-8-36(9-7-35)28-14-18-10-19(15-28)12-20(11-18)16-28/h2-5,17-20,24-25,34H,6-16H2,1H3/t18?,19?,20?,24-,25+,28?/m0/s1. The van der Waals surface area contributed by atoms with Crippen LogP contribution in [0.15, 0.2) is 30.5 Å². The Labute approximate surface area is 226 Å². The van der Waals surface area contributed by atoms with Gasteiger partial charge in [-0.2, -0.15) is 18.3 Å². The van der Waals surface area contributed by atoms with Crippen LogP contribution < -0.4 is 10.1 Å². The van der Waals surface area contributed by atoms with Crippen molar-refractivity contribution in [2.45, 2.75) is 68.7 Å². The Kier molecular flexibility index (Phi) is 5.92. The van der Waals surface area contributed by atoms with Gasteiger partial charge in [0.05, 0.1) is 19.3 Å². The molecular weight excluding hydrogens is 507 g/mol. The molecule has 4 aliphatic carbocycles. The first-order valence-corrected chi connectivity index (χ1v) is 14.3. The molecule has 7 nitrogen and oxygen atoms in total. The molecule has 39 heavy (non-hydrogen) atoms. The number of ether oxygens (including phenoxy) is 1. The molecule has 1 aromatic heterocycles. The number of rotatable bonds is 4. The average molecular weight is 544 g/mol. The third-order valence-electron chi connectivity index (χ3n) is 10.2. The van der Waals surface area contributed by atoms with Gasteiger partial charge < -0.3 is 15.0 Å². The summed E-state index contributed by atoms with van der Waals surface area (Å²) in [7, 11) is 1.55. The van der Waals surface area contributed by atoms with Gasteiger partial charge in [0.1, 0.15) is 17.1 Å². The van der Waals surface area contributed by atoms with E-state index in [2.05, 4.69) is 15.3 Å². The van der Waals surface area contributed by atoms with Crippen LogP contribution in [0.2, 0.25) is 0 Å². The number of piperazine rings is 1. The van der Waals surface area contributed by atoms with Crippen LogP contribution in [-0.4, -0.2) is 70.5 Å². The molecular formula is C29H36F3N5O2. The largest absolute Gasteiger partial charge is 0.497 e. The number of alkyl halides is 3. The number of benzene rings is 1. The SMILES string of the molecule is COc1ccc([C@@H]2C[C@H](C(F)(F)F)n3ncc(C(=O)N4CCN(C56CC7CC(CC(C7)C5)C6)CC4)c3N2)cc1. The molecule has 3 heterocycles. The number of fused-ring (bicyclic) bond motifs is 1. The number of hydrogen-bond acceptors (Lipinski definition) is 5. The second kappa shape index (κ2) is 9.14. The maximum absolute atomic E-state index is 14.1. The van der Waals surface area contributed by atoms with E-state index in [1.807, 2.05) is 0 Å². The van der Waals surface area contributed by atoms with Crippen molar-refractivity contribution in [2.24, 2.45) is 17.8 Å². The van der Waals surface area contributed by atoms with Gasteiger partial charge in [0.25, 0.3) is 5.91 Å². The maximum Gasteiger partial charge on any atom is 0.410 e.